The summed E-state index contributed by atoms with van der Waals surface area (Å²) >= 11 is 0. The van der Waals surface area contributed by atoms with Gasteiger partial charge in [0, 0.05) is 33.6 Å². The maximum atomic E-state index is 2.73. The van der Waals surface area contributed by atoms with Crippen LogP contribution in [0.3, 0.4) is 0 Å². The Kier molecular flexibility index (Phi) is 3.83. The van der Waals surface area contributed by atoms with E-state index in [4.69, 9.17) is 0 Å². The quantitative estimate of drug-likeness (QED) is 0.270. The summed E-state index contributed by atoms with van der Waals surface area (Å²) < 4.78 is 2.42. The third kappa shape index (κ3) is 2.31. The van der Waals surface area contributed by atoms with E-state index in [0.717, 1.165) is 0 Å². The maximum Gasteiger partial charge on any atom is 0.0641 e. The molecule has 0 radical (unpaired) electrons. The zero-order valence-electron chi connectivity index (χ0n) is 20.3. The molecular weight excluding hydrogens is 412 g/mol. The summed E-state index contributed by atoms with van der Waals surface area (Å²) in [5.41, 5.74) is 9.70. The predicted molar refractivity (Wildman–Crippen MR) is 143 cm³/mol. The van der Waals surface area contributed by atoms with Crippen LogP contribution in [-0.4, -0.2) is 10.6 Å². The summed E-state index contributed by atoms with van der Waals surface area (Å²) in [5, 5.41) is 2.65. The average molecular weight is 443 g/mol. The lowest BCUT2D eigenvalue weighted by atomic mass is 9.78. The fourth-order valence-electron chi connectivity index (χ4n) is 7.35. The topological polar surface area (TPSA) is 8.17 Å². The highest BCUT2D eigenvalue weighted by Crippen LogP contribution is 2.62. The molecule has 3 unspecified atom stereocenters. The molecule has 2 heterocycles. The van der Waals surface area contributed by atoms with Gasteiger partial charge in [-0.05, 0) is 74.2 Å². The number of hydrogen-bond donors (Lipinski definition) is 0. The van der Waals surface area contributed by atoms with Gasteiger partial charge in [0.25, 0.3) is 0 Å². The standard InChI is InChI=1S/C32H30N2/c1-21-18-30-25(24-14-8-11-17-28(24)33(30)23-12-6-5-7-13-23)19-29(21)34-22(2)31(3)20-32(34,4)27-16-10-9-15-26(27)31/h5-19,22H,20H2,1-4H3. The highest BCUT2D eigenvalue weighted by atomic mass is 15.3. The van der Waals surface area contributed by atoms with Crippen molar-refractivity contribution in [3.8, 4) is 5.69 Å². The Bertz CT molecular complexity index is 1590. The van der Waals surface area contributed by atoms with E-state index in [-0.39, 0.29) is 11.0 Å². The molecule has 1 aromatic heterocycles. The van der Waals surface area contributed by atoms with Crippen LogP contribution in [0.5, 0.6) is 0 Å². The molecular formula is C32H30N2. The Morgan fingerprint density at radius 2 is 1.41 bits per heavy atom. The van der Waals surface area contributed by atoms with Crippen LogP contribution in [0.1, 0.15) is 43.9 Å². The van der Waals surface area contributed by atoms with E-state index in [9.17, 15) is 0 Å². The Hall–Kier alpha value is -3.52. The van der Waals surface area contributed by atoms with Crippen molar-refractivity contribution in [3.05, 3.63) is 108 Å². The third-order valence-electron chi connectivity index (χ3n) is 8.94. The number of anilines is 1. The van der Waals surface area contributed by atoms with Crippen molar-refractivity contribution in [1.82, 2.24) is 4.57 Å². The summed E-state index contributed by atoms with van der Waals surface area (Å²) in [7, 11) is 0. The molecule has 0 saturated carbocycles. The zero-order valence-corrected chi connectivity index (χ0v) is 20.3. The van der Waals surface area contributed by atoms with Gasteiger partial charge in [-0.3, -0.25) is 0 Å². The van der Waals surface area contributed by atoms with Crippen molar-refractivity contribution in [3.63, 3.8) is 0 Å². The fraction of sp³-hybridized carbons (Fsp3) is 0.250. The zero-order chi connectivity index (χ0) is 23.2. The van der Waals surface area contributed by atoms with Gasteiger partial charge >= 0.3 is 0 Å². The van der Waals surface area contributed by atoms with Gasteiger partial charge in [0.15, 0.2) is 0 Å². The minimum Gasteiger partial charge on any atom is -0.358 e. The van der Waals surface area contributed by atoms with Crippen LogP contribution in [-0.2, 0) is 11.0 Å². The SMILES string of the molecule is Cc1cc2c(cc1N1C(C)C3(C)CC1(C)c1ccccc13)c1ccccc1n2-c1ccccc1. The molecule has 168 valence electrons. The van der Waals surface area contributed by atoms with Crippen molar-refractivity contribution in [2.45, 2.75) is 51.1 Å². The lowest BCUT2D eigenvalue weighted by Crippen LogP contribution is -2.48. The number of fused-ring (bicyclic) bond motifs is 8. The molecule has 3 atom stereocenters. The second-order valence-corrected chi connectivity index (χ2v) is 10.8. The van der Waals surface area contributed by atoms with Gasteiger partial charge in [-0.2, -0.15) is 0 Å². The van der Waals surface area contributed by atoms with Crippen molar-refractivity contribution in [2.75, 3.05) is 4.90 Å². The molecule has 0 N–H and O–H groups in total. The normalized spacial score (nSPS) is 25.4. The number of aryl methyl sites for hydroxylation is 1. The van der Waals surface area contributed by atoms with Crippen LogP contribution in [0.4, 0.5) is 5.69 Å². The Morgan fingerprint density at radius 3 is 2.21 bits per heavy atom. The van der Waals surface area contributed by atoms with Gasteiger partial charge < -0.3 is 9.47 Å². The molecule has 0 amide bonds. The highest BCUT2D eigenvalue weighted by molar-refractivity contribution is 6.10. The number of hydrogen-bond acceptors (Lipinski definition) is 1. The smallest absolute Gasteiger partial charge is 0.0641 e. The molecule has 1 fully saturated rings. The van der Waals surface area contributed by atoms with Crippen LogP contribution in [0, 0.1) is 6.92 Å². The molecule has 0 spiro atoms. The molecule has 4 aromatic carbocycles. The van der Waals surface area contributed by atoms with E-state index in [1.807, 2.05) is 0 Å². The molecule has 7 rings (SSSR count). The van der Waals surface area contributed by atoms with Crippen LogP contribution in [0.25, 0.3) is 27.5 Å². The van der Waals surface area contributed by atoms with Gasteiger partial charge in [0.1, 0.15) is 0 Å². The summed E-state index contributed by atoms with van der Waals surface area (Å²) in [6.07, 6.45) is 1.17. The number of rotatable bonds is 2. The maximum absolute atomic E-state index is 2.73. The van der Waals surface area contributed by atoms with Crippen molar-refractivity contribution < 1.29 is 0 Å². The van der Waals surface area contributed by atoms with Gasteiger partial charge in [0.2, 0.25) is 0 Å². The number of benzene rings is 4. The number of para-hydroxylation sites is 2. The van der Waals surface area contributed by atoms with Gasteiger partial charge in [0.05, 0.1) is 16.6 Å². The van der Waals surface area contributed by atoms with E-state index in [1.54, 1.807) is 5.56 Å². The van der Waals surface area contributed by atoms with E-state index in [2.05, 4.69) is 128 Å². The Balaban J connectivity index is 1.51. The van der Waals surface area contributed by atoms with Gasteiger partial charge in [-0.1, -0.05) is 67.6 Å². The number of nitrogens with zero attached hydrogens (tertiary/aromatic N) is 2. The fourth-order valence-corrected chi connectivity index (χ4v) is 7.35. The minimum atomic E-state index is 0.0149. The highest BCUT2D eigenvalue weighted by Gasteiger charge is 2.61. The van der Waals surface area contributed by atoms with E-state index < -0.39 is 0 Å². The molecule has 1 saturated heterocycles. The summed E-state index contributed by atoms with van der Waals surface area (Å²) in [6, 6.07) is 34.0. The lowest BCUT2D eigenvalue weighted by molar-refractivity contribution is 0.450. The first-order valence-electron chi connectivity index (χ1n) is 12.4. The van der Waals surface area contributed by atoms with Crippen LogP contribution >= 0.6 is 0 Å². The van der Waals surface area contributed by atoms with Gasteiger partial charge in [-0.25, -0.2) is 0 Å². The van der Waals surface area contributed by atoms with E-state index in [1.165, 1.54) is 50.7 Å². The molecule has 1 aliphatic carbocycles. The van der Waals surface area contributed by atoms with Crippen molar-refractivity contribution >= 4 is 27.5 Å². The van der Waals surface area contributed by atoms with Crippen molar-refractivity contribution in [1.29, 1.82) is 0 Å². The minimum absolute atomic E-state index is 0.0149. The lowest BCUT2D eigenvalue weighted by Gasteiger charge is -2.46. The third-order valence-corrected chi connectivity index (χ3v) is 8.94. The van der Waals surface area contributed by atoms with Crippen LogP contribution in [0.15, 0.2) is 91.0 Å². The molecule has 1 aliphatic heterocycles. The molecule has 2 aliphatic rings. The first-order chi connectivity index (χ1) is 16.4. The monoisotopic (exact) mass is 442 g/mol. The molecule has 2 bridgehead atoms. The second kappa shape index (κ2) is 6.54. The first kappa shape index (κ1) is 19.9. The molecule has 34 heavy (non-hydrogen) atoms. The Labute approximate surface area is 201 Å². The number of aromatic nitrogens is 1. The second-order valence-electron chi connectivity index (χ2n) is 10.8. The summed E-state index contributed by atoms with van der Waals surface area (Å²) in [6.45, 7) is 9.64. The van der Waals surface area contributed by atoms with E-state index >= 15 is 0 Å². The summed E-state index contributed by atoms with van der Waals surface area (Å²) in [5.74, 6) is 0. The van der Waals surface area contributed by atoms with Crippen LogP contribution in [0.2, 0.25) is 0 Å². The molecule has 5 aromatic rings. The first-order valence-corrected chi connectivity index (χ1v) is 12.4. The largest absolute Gasteiger partial charge is 0.358 e. The van der Waals surface area contributed by atoms with Crippen molar-refractivity contribution in [2.24, 2.45) is 0 Å². The molecule has 2 heteroatoms. The Morgan fingerprint density at radius 1 is 0.735 bits per heavy atom. The molecule has 2 nitrogen and oxygen atoms in total. The van der Waals surface area contributed by atoms with E-state index in [0.29, 0.717) is 6.04 Å². The summed E-state index contributed by atoms with van der Waals surface area (Å²) in [4.78, 5) is 2.73. The predicted octanol–water partition coefficient (Wildman–Crippen LogP) is 7.88. The van der Waals surface area contributed by atoms with Gasteiger partial charge in [-0.15, -0.1) is 0 Å². The van der Waals surface area contributed by atoms with Crippen LogP contribution < -0.4 is 4.90 Å². The average Bonchev–Trinajstić information content (AvgIpc) is 3.37.